The molecule has 0 saturated carbocycles. The van der Waals surface area contributed by atoms with Crippen molar-refractivity contribution in [2.45, 2.75) is 25.3 Å². The van der Waals surface area contributed by atoms with Gasteiger partial charge in [0.25, 0.3) is 0 Å². The predicted molar refractivity (Wildman–Crippen MR) is 50.4 cm³/mol. The zero-order valence-corrected chi connectivity index (χ0v) is 7.94. The Hall–Kier alpha value is -0.120. The third-order valence-electron chi connectivity index (χ3n) is 2.28. The normalized spacial score (nSPS) is 24.2. The standard InChI is InChI=1S/C9H20N2O/c1-12-7-3-2-4-9-8-10-5-6-11-9/h9-11H,2-8H2,1H3. The Bertz CT molecular complexity index is 103. The molecular formula is C9H20N2O. The van der Waals surface area contributed by atoms with Gasteiger partial charge in [0.1, 0.15) is 0 Å². The van der Waals surface area contributed by atoms with Crippen LogP contribution in [0.4, 0.5) is 0 Å². The van der Waals surface area contributed by atoms with Crippen molar-refractivity contribution < 1.29 is 4.74 Å². The van der Waals surface area contributed by atoms with E-state index in [0.29, 0.717) is 6.04 Å². The predicted octanol–water partition coefficient (Wildman–Crippen LogP) is 0.365. The first-order valence-electron chi connectivity index (χ1n) is 4.86. The van der Waals surface area contributed by atoms with Crippen molar-refractivity contribution in [3.05, 3.63) is 0 Å². The summed E-state index contributed by atoms with van der Waals surface area (Å²) in [6.07, 6.45) is 3.73. The lowest BCUT2D eigenvalue weighted by Crippen LogP contribution is -2.48. The van der Waals surface area contributed by atoms with E-state index < -0.39 is 0 Å². The van der Waals surface area contributed by atoms with Crippen molar-refractivity contribution >= 4 is 0 Å². The number of ether oxygens (including phenoxy) is 1. The molecular weight excluding hydrogens is 152 g/mol. The number of hydrogen-bond donors (Lipinski definition) is 2. The Kier molecular flexibility index (Phi) is 5.32. The molecule has 0 bridgehead atoms. The van der Waals surface area contributed by atoms with Gasteiger partial charge in [0.15, 0.2) is 0 Å². The molecule has 2 N–H and O–H groups in total. The summed E-state index contributed by atoms with van der Waals surface area (Å²) in [7, 11) is 1.76. The van der Waals surface area contributed by atoms with E-state index in [4.69, 9.17) is 4.74 Å². The Labute approximate surface area is 74.9 Å². The highest BCUT2D eigenvalue weighted by molar-refractivity contribution is 4.74. The molecule has 3 nitrogen and oxygen atoms in total. The number of nitrogens with one attached hydrogen (secondary N) is 2. The molecule has 0 aromatic rings. The van der Waals surface area contributed by atoms with Crippen molar-refractivity contribution in [1.82, 2.24) is 10.6 Å². The molecule has 12 heavy (non-hydrogen) atoms. The maximum Gasteiger partial charge on any atom is 0.0462 e. The highest BCUT2D eigenvalue weighted by Crippen LogP contribution is 2.01. The third kappa shape index (κ3) is 4.04. The van der Waals surface area contributed by atoms with E-state index in [-0.39, 0.29) is 0 Å². The number of rotatable bonds is 5. The number of hydrogen-bond acceptors (Lipinski definition) is 3. The molecule has 0 aliphatic carbocycles. The minimum absolute atomic E-state index is 0.690. The lowest BCUT2D eigenvalue weighted by Gasteiger charge is -2.24. The van der Waals surface area contributed by atoms with Crippen molar-refractivity contribution in [3.63, 3.8) is 0 Å². The molecule has 3 heteroatoms. The average Bonchev–Trinajstić information content (AvgIpc) is 2.14. The van der Waals surface area contributed by atoms with Gasteiger partial charge in [-0.25, -0.2) is 0 Å². The minimum atomic E-state index is 0.690. The van der Waals surface area contributed by atoms with E-state index in [1.165, 1.54) is 19.3 Å². The van der Waals surface area contributed by atoms with Crippen LogP contribution in [0.25, 0.3) is 0 Å². The summed E-state index contributed by atoms with van der Waals surface area (Å²) >= 11 is 0. The van der Waals surface area contributed by atoms with Crippen LogP contribution in [0.5, 0.6) is 0 Å². The van der Waals surface area contributed by atoms with Crippen LogP contribution >= 0.6 is 0 Å². The van der Waals surface area contributed by atoms with E-state index in [1.54, 1.807) is 7.11 Å². The van der Waals surface area contributed by atoms with Crippen LogP contribution in [0.3, 0.4) is 0 Å². The summed E-state index contributed by atoms with van der Waals surface area (Å²) in [6, 6.07) is 0.690. The molecule has 0 aromatic heterocycles. The van der Waals surface area contributed by atoms with Crippen molar-refractivity contribution in [3.8, 4) is 0 Å². The van der Waals surface area contributed by atoms with Gasteiger partial charge in [-0.15, -0.1) is 0 Å². The van der Waals surface area contributed by atoms with Crippen molar-refractivity contribution in [1.29, 1.82) is 0 Å². The fourth-order valence-electron chi connectivity index (χ4n) is 1.55. The largest absolute Gasteiger partial charge is 0.385 e. The van der Waals surface area contributed by atoms with Crippen LogP contribution in [0, 0.1) is 0 Å². The van der Waals surface area contributed by atoms with Gasteiger partial charge in [-0.2, -0.15) is 0 Å². The first-order chi connectivity index (χ1) is 5.93. The summed E-state index contributed by atoms with van der Waals surface area (Å²) in [5.74, 6) is 0. The quantitative estimate of drug-likeness (QED) is 0.588. The molecule has 1 atom stereocenters. The van der Waals surface area contributed by atoms with Crippen LogP contribution in [0.15, 0.2) is 0 Å². The minimum Gasteiger partial charge on any atom is -0.385 e. The molecule has 0 spiro atoms. The molecule has 1 aliphatic rings. The highest BCUT2D eigenvalue weighted by atomic mass is 16.5. The van der Waals surface area contributed by atoms with E-state index in [1.807, 2.05) is 0 Å². The van der Waals surface area contributed by atoms with Crippen LogP contribution in [-0.2, 0) is 4.74 Å². The molecule has 1 rings (SSSR count). The smallest absolute Gasteiger partial charge is 0.0462 e. The molecule has 1 saturated heterocycles. The topological polar surface area (TPSA) is 33.3 Å². The summed E-state index contributed by atoms with van der Waals surface area (Å²) in [4.78, 5) is 0. The summed E-state index contributed by atoms with van der Waals surface area (Å²) in [5.41, 5.74) is 0. The van der Waals surface area contributed by atoms with Crippen LogP contribution < -0.4 is 10.6 Å². The second kappa shape index (κ2) is 6.40. The molecule has 0 aromatic carbocycles. The SMILES string of the molecule is COCCCCC1CNCCN1. The lowest BCUT2D eigenvalue weighted by molar-refractivity contribution is 0.190. The van der Waals surface area contributed by atoms with Gasteiger partial charge >= 0.3 is 0 Å². The van der Waals surface area contributed by atoms with Crippen LogP contribution in [-0.4, -0.2) is 39.4 Å². The third-order valence-corrected chi connectivity index (χ3v) is 2.28. The van der Waals surface area contributed by atoms with E-state index in [0.717, 1.165) is 26.2 Å². The summed E-state index contributed by atoms with van der Waals surface area (Å²) in [5, 5.41) is 6.87. The molecule has 1 unspecified atom stereocenters. The van der Waals surface area contributed by atoms with Crippen molar-refractivity contribution in [2.75, 3.05) is 33.4 Å². The maximum absolute atomic E-state index is 5.00. The molecule has 1 aliphatic heterocycles. The maximum atomic E-state index is 5.00. The fraction of sp³-hybridized carbons (Fsp3) is 1.00. The Morgan fingerprint density at radius 3 is 2.92 bits per heavy atom. The first-order valence-corrected chi connectivity index (χ1v) is 4.86. The first kappa shape index (κ1) is 9.96. The summed E-state index contributed by atoms with van der Waals surface area (Å²) in [6.45, 7) is 4.27. The van der Waals surface area contributed by atoms with Crippen molar-refractivity contribution in [2.24, 2.45) is 0 Å². The average molecular weight is 172 g/mol. The van der Waals surface area contributed by atoms with Gasteiger partial charge in [0, 0.05) is 39.4 Å². The second-order valence-electron chi connectivity index (χ2n) is 3.34. The molecule has 72 valence electrons. The highest BCUT2D eigenvalue weighted by Gasteiger charge is 2.10. The zero-order chi connectivity index (χ0) is 8.65. The Morgan fingerprint density at radius 1 is 1.33 bits per heavy atom. The molecule has 0 amide bonds. The van der Waals surface area contributed by atoms with E-state index in [9.17, 15) is 0 Å². The molecule has 0 radical (unpaired) electrons. The van der Waals surface area contributed by atoms with E-state index >= 15 is 0 Å². The number of unbranched alkanes of at least 4 members (excludes halogenated alkanes) is 1. The molecule has 1 heterocycles. The Balaban J connectivity index is 1.91. The van der Waals surface area contributed by atoms with Gasteiger partial charge in [0.05, 0.1) is 0 Å². The molecule has 1 fully saturated rings. The van der Waals surface area contributed by atoms with Gasteiger partial charge in [-0.05, 0) is 19.3 Å². The lowest BCUT2D eigenvalue weighted by atomic mass is 10.1. The van der Waals surface area contributed by atoms with Gasteiger partial charge in [0.2, 0.25) is 0 Å². The summed E-state index contributed by atoms with van der Waals surface area (Å²) < 4.78 is 5.00. The van der Waals surface area contributed by atoms with Gasteiger partial charge in [-0.3, -0.25) is 0 Å². The second-order valence-corrected chi connectivity index (χ2v) is 3.34. The van der Waals surface area contributed by atoms with Crippen LogP contribution in [0.1, 0.15) is 19.3 Å². The monoisotopic (exact) mass is 172 g/mol. The van der Waals surface area contributed by atoms with E-state index in [2.05, 4.69) is 10.6 Å². The van der Waals surface area contributed by atoms with Gasteiger partial charge < -0.3 is 15.4 Å². The fourth-order valence-corrected chi connectivity index (χ4v) is 1.55. The Morgan fingerprint density at radius 2 is 2.25 bits per heavy atom. The zero-order valence-electron chi connectivity index (χ0n) is 7.94. The van der Waals surface area contributed by atoms with Crippen LogP contribution in [0.2, 0.25) is 0 Å². The number of piperazine rings is 1. The number of methoxy groups -OCH3 is 1. The van der Waals surface area contributed by atoms with Gasteiger partial charge in [-0.1, -0.05) is 0 Å².